The topological polar surface area (TPSA) is 41.1 Å². The summed E-state index contributed by atoms with van der Waals surface area (Å²) in [5, 5.41) is 6.54. The Balaban J connectivity index is 1.79. The van der Waals surface area contributed by atoms with Crippen LogP contribution in [0.15, 0.2) is 24.3 Å². The minimum absolute atomic E-state index is 0.150. The number of hydrogen-bond donors (Lipinski definition) is 2. The molecule has 0 radical (unpaired) electrons. The molecule has 1 aromatic carbocycles. The monoisotopic (exact) mass is 272 g/mol. The van der Waals surface area contributed by atoms with Crippen molar-refractivity contribution >= 4 is 5.91 Å². The molecule has 108 valence electrons. The number of rotatable bonds is 2. The quantitative estimate of drug-likeness (QED) is 0.868. The average molecular weight is 272 g/mol. The van der Waals surface area contributed by atoms with Crippen LogP contribution in [0, 0.1) is 5.92 Å². The fourth-order valence-electron chi connectivity index (χ4n) is 3.53. The van der Waals surface area contributed by atoms with Crippen molar-refractivity contribution in [2.45, 2.75) is 44.6 Å². The Morgan fingerprint density at radius 2 is 2.10 bits per heavy atom. The van der Waals surface area contributed by atoms with Gasteiger partial charge >= 0.3 is 0 Å². The maximum absolute atomic E-state index is 12.3. The first-order valence-corrected chi connectivity index (χ1v) is 7.68. The molecule has 20 heavy (non-hydrogen) atoms. The number of hydrogen-bond acceptors (Lipinski definition) is 2. The summed E-state index contributed by atoms with van der Waals surface area (Å²) in [4.78, 5) is 12.3. The Morgan fingerprint density at radius 3 is 2.85 bits per heavy atom. The number of benzene rings is 1. The first-order chi connectivity index (χ1) is 9.58. The maximum atomic E-state index is 12.3. The van der Waals surface area contributed by atoms with E-state index in [9.17, 15) is 4.79 Å². The molecule has 2 atom stereocenters. The van der Waals surface area contributed by atoms with Crippen molar-refractivity contribution in [3.8, 4) is 0 Å². The number of fused-ring (bicyclic) bond motifs is 1. The molecular weight excluding hydrogens is 248 g/mol. The fourth-order valence-corrected chi connectivity index (χ4v) is 3.53. The van der Waals surface area contributed by atoms with Crippen LogP contribution < -0.4 is 10.6 Å². The molecule has 0 spiro atoms. The molecular formula is C17H24N2O. The number of carbonyl (C=O) groups is 1. The van der Waals surface area contributed by atoms with E-state index < -0.39 is 0 Å². The summed E-state index contributed by atoms with van der Waals surface area (Å²) in [6.45, 7) is 6.38. The highest BCUT2D eigenvalue weighted by Crippen LogP contribution is 2.41. The summed E-state index contributed by atoms with van der Waals surface area (Å²) in [7, 11) is 0. The molecule has 1 aromatic rings. The third-order valence-electron chi connectivity index (χ3n) is 4.87. The van der Waals surface area contributed by atoms with Gasteiger partial charge in [-0.25, -0.2) is 0 Å². The van der Waals surface area contributed by atoms with Gasteiger partial charge in [-0.2, -0.15) is 0 Å². The Labute approximate surface area is 121 Å². The van der Waals surface area contributed by atoms with Gasteiger partial charge in [0.2, 0.25) is 5.91 Å². The molecule has 1 saturated heterocycles. The van der Waals surface area contributed by atoms with Crippen LogP contribution in [0.3, 0.4) is 0 Å². The zero-order valence-electron chi connectivity index (χ0n) is 12.4. The van der Waals surface area contributed by atoms with Crippen molar-refractivity contribution in [3.05, 3.63) is 35.4 Å². The first-order valence-electron chi connectivity index (χ1n) is 7.68. The third kappa shape index (κ3) is 2.47. The summed E-state index contributed by atoms with van der Waals surface area (Å²) in [6, 6.07) is 8.76. The van der Waals surface area contributed by atoms with E-state index in [1.807, 2.05) is 0 Å². The lowest BCUT2D eigenvalue weighted by atomic mass is 9.71. The van der Waals surface area contributed by atoms with Crippen LogP contribution >= 0.6 is 0 Å². The van der Waals surface area contributed by atoms with E-state index >= 15 is 0 Å². The number of nitrogens with one attached hydrogen (secondary N) is 2. The van der Waals surface area contributed by atoms with E-state index in [4.69, 9.17) is 0 Å². The van der Waals surface area contributed by atoms with Crippen molar-refractivity contribution in [2.24, 2.45) is 5.92 Å². The second-order valence-corrected chi connectivity index (χ2v) is 6.76. The van der Waals surface area contributed by atoms with Gasteiger partial charge in [-0.1, -0.05) is 38.1 Å². The Morgan fingerprint density at radius 1 is 1.30 bits per heavy atom. The Hall–Kier alpha value is -1.35. The summed E-state index contributed by atoms with van der Waals surface area (Å²) >= 11 is 0. The summed E-state index contributed by atoms with van der Waals surface area (Å²) in [6.07, 6.45) is 3.12. The predicted octanol–water partition coefficient (Wildman–Crippen LogP) is 2.52. The van der Waals surface area contributed by atoms with Crippen LogP contribution in [0.25, 0.3) is 0 Å². The molecule has 2 unspecified atom stereocenters. The molecule has 0 aromatic heterocycles. The van der Waals surface area contributed by atoms with E-state index in [0.717, 1.165) is 32.4 Å². The highest BCUT2D eigenvalue weighted by Gasteiger charge is 2.34. The molecule has 0 bridgehead atoms. The predicted molar refractivity (Wildman–Crippen MR) is 80.6 cm³/mol. The lowest BCUT2D eigenvalue weighted by molar-refractivity contribution is -0.125. The summed E-state index contributed by atoms with van der Waals surface area (Å²) in [5.74, 6) is 0.367. The van der Waals surface area contributed by atoms with Gasteiger partial charge in [0, 0.05) is 6.54 Å². The van der Waals surface area contributed by atoms with Crippen molar-refractivity contribution in [3.63, 3.8) is 0 Å². The molecule has 2 N–H and O–H groups in total. The van der Waals surface area contributed by atoms with Crippen molar-refractivity contribution in [1.29, 1.82) is 0 Å². The fraction of sp³-hybridized carbons (Fsp3) is 0.588. The summed E-state index contributed by atoms with van der Waals surface area (Å²) in [5.41, 5.74) is 2.91. The zero-order valence-corrected chi connectivity index (χ0v) is 12.4. The lowest BCUT2D eigenvalue weighted by Gasteiger charge is -2.37. The second kappa shape index (κ2) is 5.21. The van der Waals surface area contributed by atoms with E-state index in [0.29, 0.717) is 0 Å². The van der Waals surface area contributed by atoms with Gasteiger partial charge in [0.05, 0.1) is 12.0 Å². The van der Waals surface area contributed by atoms with Crippen LogP contribution in [0.1, 0.15) is 50.3 Å². The van der Waals surface area contributed by atoms with Gasteiger partial charge < -0.3 is 10.6 Å². The third-order valence-corrected chi connectivity index (χ3v) is 4.87. The second-order valence-electron chi connectivity index (χ2n) is 6.76. The largest absolute Gasteiger partial charge is 0.349 e. The van der Waals surface area contributed by atoms with Crippen LogP contribution in [0.2, 0.25) is 0 Å². The van der Waals surface area contributed by atoms with Gasteiger partial charge in [0.1, 0.15) is 0 Å². The van der Waals surface area contributed by atoms with Gasteiger partial charge in [0.25, 0.3) is 0 Å². The molecule has 1 aliphatic carbocycles. The highest BCUT2D eigenvalue weighted by atomic mass is 16.2. The Kier molecular flexibility index (Phi) is 3.55. The van der Waals surface area contributed by atoms with Crippen molar-refractivity contribution in [2.75, 3.05) is 13.1 Å². The Bertz CT molecular complexity index is 503. The molecule has 0 saturated carbocycles. The van der Waals surface area contributed by atoms with Crippen molar-refractivity contribution in [1.82, 2.24) is 10.6 Å². The molecule has 3 nitrogen and oxygen atoms in total. The minimum Gasteiger partial charge on any atom is -0.349 e. The molecule has 2 aliphatic rings. The van der Waals surface area contributed by atoms with E-state index in [-0.39, 0.29) is 23.3 Å². The average Bonchev–Trinajstić information content (AvgIpc) is 2.96. The van der Waals surface area contributed by atoms with Gasteiger partial charge in [0.15, 0.2) is 0 Å². The molecule has 1 amide bonds. The number of carbonyl (C=O) groups excluding carboxylic acids is 1. The van der Waals surface area contributed by atoms with Crippen LogP contribution in [0.4, 0.5) is 0 Å². The van der Waals surface area contributed by atoms with Crippen molar-refractivity contribution < 1.29 is 4.79 Å². The van der Waals surface area contributed by atoms with E-state index in [1.165, 1.54) is 11.1 Å². The van der Waals surface area contributed by atoms with E-state index in [2.05, 4.69) is 48.7 Å². The maximum Gasteiger partial charge on any atom is 0.224 e. The molecule has 3 rings (SSSR count). The summed E-state index contributed by atoms with van der Waals surface area (Å²) < 4.78 is 0. The smallest absolute Gasteiger partial charge is 0.224 e. The minimum atomic E-state index is 0.150. The SMILES string of the molecule is CC1(C)CCC(NC(=O)C2CCNC2)c2ccccc21. The van der Waals surface area contributed by atoms with Gasteiger partial charge in [-0.3, -0.25) is 4.79 Å². The van der Waals surface area contributed by atoms with Gasteiger partial charge in [-0.05, 0) is 42.3 Å². The molecule has 1 fully saturated rings. The highest BCUT2D eigenvalue weighted by molar-refractivity contribution is 5.79. The van der Waals surface area contributed by atoms with E-state index in [1.54, 1.807) is 0 Å². The molecule has 1 aliphatic heterocycles. The standard InChI is InChI=1S/C17H24N2O/c1-17(2)9-7-15(13-5-3-4-6-14(13)17)19-16(20)12-8-10-18-11-12/h3-6,12,15,18H,7-11H2,1-2H3,(H,19,20). The number of amides is 1. The first kappa shape index (κ1) is 13.6. The van der Waals surface area contributed by atoms with Crippen LogP contribution in [-0.4, -0.2) is 19.0 Å². The molecule has 3 heteroatoms. The zero-order chi connectivity index (χ0) is 14.2. The van der Waals surface area contributed by atoms with Gasteiger partial charge in [-0.15, -0.1) is 0 Å². The molecule has 1 heterocycles. The lowest BCUT2D eigenvalue weighted by Crippen LogP contribution is -2.39. The van der Waals surface area contributed by atoms with Crippen LogP contribution in [-0.2, 0) is 10.2 Å². The normalized spacial score (nSPS) is 27.9. The van der Waals surface area contributed by atoms with Crippen LogP contribution in [0.5, 0.6) is 0 Å².